The molecule has 3 heteroatoms. The topological polar surface area (TPSA) is 24.5 Å². The predicted molar refractivity (Wildman–Crippen MR) is 89.7 cm³/mol. The molecule has 0 aromatic heterocycles. The van der Waals surface area contributed by atoms with Crippen LogP contribution in [0.2, 0.25) is 0 Å². The van der Waals surface area contributed by atoms with E-state index in [2.05, 4.69) is 24.1 Å². The summed E-state index contributed by atoms with van der Waals surface area (Å²) < 4.78 is 5.21. The lowest BCUT2D eigenvalue weighted by Crippen LogP contribution is -2.65. The number of methoxy groups -OCH3 is 1. The molecular formula is C18H36N2O. The molecule has 21 heavy (non-hydrogen) atoms. The first kappa shape index (κ1) is 17.2. The zero-order chi connectivity index (χ0) is 15.1. The molecule has 2 rings (SSSR count). The third kappa shape index (κ3) is 4.94. The van der Waals surface area contributed by atoms with Gasteiger partial charge in [0.25, 0.3) is 0 Å². The van der Waals surface area contributed by atoms with Gasteiger partial charge in [0.1, 0.15) is 0 Å². The lowest BCUT2D eigenvalue weighted by Gasteiger charge is -2.52. The quantitative estimate of drug-likeness (QED) is 0.728. The SMILES string of the molecule is COCCCCN1CC(CC(C)C)NCC12CCCCC2. The third-order valence-corrected chi connectivity index (χ3v) is 5.40. The molecule has 2 fully saturated rings. The second-order valence-corrected chi connectivity index (χ2v) is 7.64. The van der Waals surface area contributed by atoms with E-state index >= 15 is 0 Å². The molecule has 1 aliphatic carbocycles. The van der Waals surface area contributed by atoms with Crippen molar-refractivity contribution in [1.29, 1.82) is 0 Å². The van der Waals surface area contributed by atoms with Crippen molar-refractivity contribution >= 4 is 0 Å². The molecular weight excluding hydrogens is 260 g/mol. The van der Waals surface area contributed by atoms with Crippen LogP contribution in [0.25, 0.3) is 0 Å². The monoisotopic (exact) mass is 296 g/mol. The molecule has 1 N–H and O–H groups in total. The highest BCUT2D eigenvalue weighted by Gasteiger charge is 2.41. The Labute approximate surface area is 131 Å². The van der Waals surface area contributed by atoms with Gasteiger partial charge in [0.05, 0.1) is 0 Å². The van der Waals surface area contributed by atoms with Crippen molar-refractivity contribution in [2.24, 2.45) is 5.92 Å². The number of nitrogens with one attached hydrogen (secondary N) is 1. The van der Waals surface area contributed by atoms with Gasteiger partial charge in [-0.05, 0) is 44.6 Å². The molecule has 1 heterocycles. The van der Waals surface area contributed by atoms with Crippen molar-refractivity contribution in [3.63, 3.8) is 0 Å². The van der Waals surface area contributed by atoms with Crippen LogP contribution in [-0.2, 0) is 4.74 Å². The molecule has 0 bridgehead atoms. The van der Waals surface area contributed by atoms with Gasteiger partial charge in [-0.25, -0.2) is 0 Å². The molecule has 0 aromatic rings. The van der Waals surface area contributed by atoms with Gasteiger partial charge >= 0.3 is 0 Å². The average molecular weight is 296 g/mol. The number of unbranched alkanes of at least 4 members (excludes halogenated alkanes) is 1. The van der Waals surface area contributed by atoms with Crippen molar-refractivity contribution in [2.45, 2.75) is 76.8 Å². The summed E-state index contributed by atoms with van der Waals surface area (Å²) in [4.78, 5) is 2.85. The number of hydrogen-bond acceptors (Lipinski definition) is 3. The summed E-state index contributed by atoms with van der Waals surface area (Å²) in [7, 11) is 1.81. The highest BCUT2D eigenvalue weighted by Crippen LogP contribution is 2.36. The molecule has 0 radical (unpaired) electrons. The van der Waals surface area contributed by atoms with Gasteiger partial charge in [-0.1, -0.05) is 33.1 Å². The minimum Gasteiger partial charge on any atom is -0.385 e. The summed E-state index contributed by atoms with van der Waals surface area (Å²) in [6.45, 7) is 9.33. The molecule has 0 aromatic carbocycles. The molecule has 124 valence electrons. The van der Waals surface area contributed by atoms with Crippen LogP contribution in [0.5, 0.6) is 0 Å². The van der Waals surface area contributed by atoms with Crippen LogP contribution < -0.4 is 5.32 Å². The van der Waals surface area contributed by atoms with E-state index in [9.17, 15) is 0 Å². The first-order valence-corrected chi connectivity index (χ1v) is 9.14. The van der Waals surface area contributed by atoms with E-state index in [1.54, 1.807) is 0 Å². The number of hydrogen-bond donors (Lipinski definition) is 1. The molecule has 1 spiro atoms. The fourth-order valence-electron chi connectivity index (χ4n) is 4.28. The van der Waals surface area contributed by atoms with E-state index < -0.39 is 0 Å². The summed E-state index contributed by atoms with van der Waals surface area (Å²) >= 11 is 0. The van der Waals surface area contributed by atoms with E-state index in [1.165, 1.54) is 71.0 Å². The molecule has 1 unspecified atom stereocenters. The lowest BCUT2D eigenvalue weighted by atomic mass is 9.77. The van der Waals surface area contributed by atoms with Crippen LogP contribution in [0.3, 0.4) is 0 Å². The van der Waals surface area contributed by atoms with Crippen LogP contribution in [0.1, 0.15) is 65.2 Å². The second kappa shape index (κ2) is 8.50. The van der Waals surface area contributed by atoms with Gasteiger partial charge < -0.3 is 10.1 Å². The Kier molecular flexibility index (Phi) is 6.97. The molecule has 1 saturated heterocycles. The van der Waals surface area contributed by atoms with Gasteiger partial charge in [-0.3, -0.25) is 4.90 Å². The number of rotatable bonds is 7. The number of piperazine rings is 1. The van der Waals surface area contributed by atoms with Gasteiger partial charge in [-0.15, -0.1) is 0 Å². The van der Waals surface area contributed by atoms with Crippen molar-refractivity contribution in [3.8, 4) is 0 Å². The summed E-state index contributed by atoms with van der Waals surface area (Å²) in [6, 6.07) is 0.694. The minimum atomic E-state index is 0.471. The standard InChI is InChI=1S/C18H36N2O/c1-16(2)13-17-14-20(11-7-8-12-21-3)18(15-19-17)9-5-4-6-10-18/h16-17,19H,4-15H2,1-3H3. The smallest absolute Gasteiger partial charge is 0.0462 e. The van der Waals surface area contributed by atoms with Crippen LogP contribution in [0.4, 0.5) is 0 Å². The summed E-state index contributed by atoms with van der Waals surface area (Å²) in [5.74, 6) is 0.790. The Morgan fingerprint density at radius 1 is 1.19 bits per heavy atom. The maximum absolute atomic E-state index is 5.21. The van der Waals surface area contributed by atoms with Crippen LogP contribution in [0.15, 0.2) is 0 Å². The molecule has 3 nitrogen and oxygen atoms in total. The zero-order valence-electron chi connectivity index (χ0n) is 14.5. The van der Waals surface area contributed by atoms with Crippen molar-refractivity contribution in [1.82, 2.24) is 10.2 Å². The van der Waals surface area contributed by atoms with E-state index in [0.717, 1.165) is 12.5 Å². The van der Waals surface area contributed by atoms with E-state index in [0.29, 0.717) is 11.6 Å². The fraction of sp³-hybridized carbons (Fsp3) is 1.00. The largest absolute Gasteiger partial charge is 0.385 e. The molecule has 1 atom stereocenters. The number of ether oxygens (including phenoxy) is 1. The van der Waals surface area contributed by atoms with Crippen molar-refractivity contribution in [2.75, 3.05) is 33.4 Å². The lowest BCUT2D eigenvalue weighted by molar-refractivity contribution is 0.00445. The van der Waals surface area contributed by atoms with Gasteiger partial charge in [0, 0.05) is 38.4 Å². The third-order valence-electron chi connectivity index (χ3n) is 5.40. The number of nitrogens with zero attached hydrogens (tertiary/aromatic N) is 1. The average Bonchev–Trinajstić information content (AvgIpc) is 2.47. The summed E-state index contributed by atoms with van der Waals surface area (Å²) in [5.41, 5.74) is 0.471. The van der Waals surface area contributed by atoms with Gasteiger partial charge in [0.2, 0.25) is 0 Å². The van der Waals surface area contributed by atoms with E-state index in [-0.39, 0.29) is 0 Å². The Bertz CT molecular complexity index is 287. The first-order valence-electron chi connectivity index (χ1n) is 9.14. The summed E-state index contributed by atoms with van der Waals surface area (Å²) in [5, 5.41) is 3.88. The molecule has 2 aliphatic rings. The van der Waals surface area contributed by atoms with Crippen LogP contribution in [-0.4, -0.2) is 49.8 Å². The Morgan fingerprint density at radius 2 is 1.95 bits per heavy atom. The van der Waals surface area contributed by atoms with Crippen LogP contribution in [0, 0.1) is 5.92 Å². The fourth-order valence-corrected chi connectivity index (χ4v) is 4.28. The normalized spacial score (nSPS) is 26.6. The Morgan fingerprint density at radius 3 is 2.62 bits per heavy atom. The van der Waals surface area contributed by atoms with Crippen molar-refractivity contribution < 1.29 is 4.74 Å². The second-order valence-electron chi connectivity index (χ2n) is 7.64. The maximum atomic E-state index is 5.21. The first-order chi connectivity index (χ1) is 10.2. The van der Waals surface area contributed by atoms with Gasteiger partial charge in [-0.2, -0.15) is 0 Å². The zero-order valence-corrected chi connectivity index (χ0v) is 14.5. The highest BCUT2D eigenvalue weighted by atomic mass is 16.5. The minimum absolute atomic E-state index is 0.471. The van der Waals surface area contributed by atoms with Crippen molar-refractivity contribution in [3.05, 3.63) is 0 Å². The van der Waals surface area contributed by atoms with Crippen LogP contribution >= 0.6 is 0 Å². The van der Waals surface area contributed by atoms with E-state index in [1.807, 2.05) is 7.11 Å². The maximum Gasteiger partial charge on any atom is 0.0462 e. The highest BCUT2D eigenvalue weighted by molar-refractivity contribution is 5.00. The molecule has 0 amide bonds. The molecule has 1 saturated carbocycles. The predicted octanol–water partition coefficient (Wildman–Crippen LogP) is 3.44. The van der Waals surface area contributed by atoms with Gasteiger partial charge in [0.15, 0.2) is 0 Å². The Hall–Kier alpha value is -0.120. The molecule has 1 aliphatic heterocycles. The Balaban J connectivity index is 1.92. The van der Waals surface area contributed by atoms with E-state index in [4.69, 9.17) is 4.74 Å². The summed E-state index contributed by atoms with van der Waals surface area (Å²) in [6.07, 6.45) is 10.9.